The van der Waals surface area contributed by atoms with E-state index in [-0.39, 0.29) is 11.8 Å². The Balaban J connectivity index is 1.58. The molecule has 0 heterocycles. The second kappa shape index (κ2) is 6.52. The van der Waals surface area contributed by atoms with Crippen molar-refractivity contribution in [3.8, 4) is 0 Å². The van der Waals surface area contributed by atoms with Gasteiger partial charge in [0.25, 0.3) is 0 Å². The molecule has 2 aromatic carbocycles. The fraction of sp³-hybridized carbons (Fsp3) is 0.222. The number of carbonyl (C=O) groups excluding carboxylic acids is 2. The van der Waals surface area contributed by atoms with Crippen molar-refractivity contribution in [3.05, 3.63) is 54.1 Å². The maximum Gasteiger partial charge on any atom is 0.319 e. The van der Waals surface area contributed by atoms with E-state index in [1.165, 1.54) is 0 Å². The van der Waals surface area contributed by atoms with Gasteiger partial charge in [-0.05, 0) is 68.3 Å². The molecule has 0 radical (unpaired) electrons. The van der Waals surface area contributed by atoms with Crippen LogP contribution in [0, 0.1) is 0 Å². The van der Waals surface area contributed by atoms with Gasteiger partial charge in [-0.2, -0.15) is 0 Å². The largest absolute Gasteiger partial charge is 0.356 e. The van der Waals surface area contributed by atoms with E-state index in [0.717, 1.165) is 29.9 Å². The summed E-state index contributed by atoms with van der Waals surface area (Å²) in [4.78, 5) is 22.9. The number of urea groups is 1. The zero-order valence-corrected chi connectivity index (χ0v) is 12.9. The van der Waals surface area contributed by atoms with Crippen LogP contribution in [0.5, 0.6) is 0 Å². The van der Waals surface area contributed by atoms with E-state index in [1.807, 2.05) is 36.4 Å². The van der Waals surface area contributed by atoms with Crippen molar-refractivity contribution in [3.63, 3.8) is 0 Å². The molecule has 5 heteroatoms. The molecule has 0 atom stereocenters. The molecule has 0 saturated heterocycles. The number of nitrogens with one attached hydrogen (secondary N) is 3. The van der Waals surface area contributed by atoms with Crippen molar-refractivity contribution < 1.29 is 9.59 Å². The molecular weight excluding hydrogens is 290 g/mol. The molecule has 1 saturated carbocycles. The van der Waals surface area contributed by atoms with Crippen LogP contribution in [0.25, 0.3) is 0 Å². The Kier molecular flexibility index (Phi) is 4.28. The van der Waals surface area contributed by atoms with Crippen LogP contribution < -0.4 is 16.0 Å². The fourth-order valence-electron chi connectivity index (χ4n) is 2.17. The zero-order chi connectivity index (χ0) is 16.2. The third-order valence-corrected chi connectivity index (χ3v) is 3.64. The van der Waals surface area contributed by atoms with Gasteiger partial charge < -0.3 is 16.0 Å². The van der Waals surface area contributed by atoms with Gasteiger partial charge in [0.1, 0.15) is 0 Å². The third-order valence-electron chi connectivity index (χ3n) is 3.64. The molecular formula is C18H19N3O2. The van der Waals surface area contributed by atoms with E-state index >= 15 is 0 Å². The van der Waals surface area contributed by atoms with E-state index in [2.05, 4.69) is 16.0 Å². The molecule has 2 aromatic rings. The highest BCUT2D eigenvalue weighted by Gasteiger charge is 2.23. The average molecular weight is 309 g/mol. The van der Waals surface area contributed by atoms with Crippen molar-refractivity contribution in [2.45, 2.75) is 25.8 Å². The summed E-state index contributed by atoms with van der Waals surface area (Å²) in [6, 6.07) is 15.0. The number of amides is 2. The molecule has 1 aliphatic carbocycles. The second-order valence-electron chi connectivity index (χ2n) is 5.71. The molecule has 0 bridgehead atoms. The molecule has 23 heavy (non-hydrogen) atoms. The van der Waals surface area contributed by atoms with Crippen molar-refractivity contribution in [1.29, 1.82) is 0 Å². The highest BCUT2D eigenvalue weighted by atomic mass is 16.2. The lowest BCUT2D eigenvalue weighted by Gasteiger charge is -2.09. The Morgan fingerprint density at radius 2 is 1.39 bits per heavy atom. The first kappa shape index (κ1) is 15.1. The summed E-state index contributed by atoms with van der Waals surface area (Å²) in [6.45, 7) is 1.55. The highest BCUT2D eigenvalue weighted by Crippen LogP contribution is 2.21. The molecule has 0 aromatic heterocycles. The van der Waals surface area contributed by atoms with Gasteiger partial charge in [0.15, 0.2) is 5.78 Å². The van der Waals surface area contributed by atoms with Gasteiger partial charge in [-0.15, -0.1) is 0 Å². The van der Waals surface area contributed by atoms with Crippen LogP contribution in [0.15, 0.2) is 48.5 Å². The van der Waals surface area contributed by atoms with E-state index in [1.54, 1.807) is 19.1 Å². The lowest BCUT2D eigenvalue weighted by atomic mass is 10.1. The number of hydrogen-bond donors (Lipinski definition) is 3. The smallest absolute Gasteiger partial charge is 0.319 e. The van der Waals surface area contributed by atoms with Crippen molar-refractivity contribution in [1.82, 2.24) is 5.32 Å². The molecule has 2 amide bonds. The molecule has 3 N–H and O–H groups in total. The van der Waals surface area contributed by atoms with Crippen LogP contribution in [-0.4, -0.2) is 17.9 Å². The predicted molar refractivity (Wildman–Crippen MR) is 91.3 cm³/mol. The first-order valence-electron chi connectivity index (χ1n) is 7.66. The molecule has 0 unspecified atom stereocenters. The molecule has 118 valence electrons. The van der Waals surface area contributed by atoms with Crippen LogP contribution in [0.4, 0.5) is 21.9 Å². The standard InChI is InChI=1S/C18H19N3O2/c1-12(22)13-2-4-14(5-3-13)19-15-6-8-16(9-7-15)20-18(23)21-17-10-11-17/h2-9,17,19H,10-11H2,1H3,(H2,20,21,23). The average Bonchev–Trinajstić information content (AvgIpc) is 3.33. The van der Waals surface area contributed by atoms with Gasteiger partial charge >= 0.3 is 6.03 Å². The summed E-state index contributed by atoms with van der Waals surface area (Å²) < 4.78 is 0. The zero-order valence-electron chi connectivity index (χ0n) is 12.9. The number of Topliss-reactive ketones (excluding diaryl/α,β-unsaturated/α-hetero) is 1. The second-order valence-corrected chi connectivity index (χ2v) is 5.71. The summed E-state index contributed by atoms with van der Waals surface area (Å²) >= 11 is 0. The SMILES string of the molecule is CC(=O)c1ccc(Nc2ccc(NC(=O)NC3CC3)cc2)cc1. The minimum atomic E-state index is -0.159. The van der Waals surface area contributed by atoms with Gasteiger partial charge in [-0.1, -0.05) is 0 Å². The van der Waals surface area contributed by atoms with Gasteiger partial charge in [-0.3, -0.25) is 4.79 Å². The Morgan fingerprint density at radius 3 is 1.91 bits per heavy atom. The number of benzene rings is 2. The number of hydrogen-bond acceptors (Lipinski definition) is 3. The number of carbonyl (C=O) groups is 2. The van der Waals surface area contributed by atoms with Gasteiger partial charge in [-0.25, -0.2) is 4.79 Å². The third kappa shape index (κ3) is 4.32. The fourth-order valence-corrected chi connectivity index (χ4v) is 2.17. The monoisotopic (exact) mass is 309 g/mol. The molecule has 1 fully saturated rings. The molecule has 5 nitrogen and oxygen atoms in total. The topological polar surface area (TPSA) is 70.2 Å². The lowest BCUT2D eigenvalue weighted by molar-refractivity contribution is 0.101. The quantitative estimate of drug-likeness (QED) is 0.733. The lowest BCUT2D eigenvalue weighted by Crippen LogP contribution is -2.30. The highest BCUT2D eigenvalue weighted by molar-refractivity contribution is 5.94. The van der Waals surface area contributed by atoms with E-state index < -0.39 is 0 Å². The number of anilines is 3. The Morgan fingerprint density at radius 1 is 0.870 bits per heavy atom. The van der Waals surface area contributed by atoms with Crippen LogP contribution >= 0.6 is 0 Å². The van der Waals surface area contributed by atoms with Gasteiger partial charge in [0.2, 0.25) is 0 Å². The van der Waals surface area contributed by atoms with Crippen LogP contribution in [0.3, 0.4) is 0 Å². The normalized spacial score (nSPS) is 13.3. The Bertz CT molecular complexity index is 704. The Labute approximate surface area is 135 Å². The maximum absolute atomic E-state index is 11.7. The summed E-state index contributed by atoms with van der Waals surface area (Å²) in [5, 5.41) is 8.94. The predicted octanol–water partition coefficient (Wildman–Crippen LogP) is 3.92. The van der Waals surface area contributed by atoms with Crippen molar-refractivity contribution in [2.24, 2.45) is 0 Å². The van der Waals surface area contributed by atoms with E-state index in [0.29, 0.717) is 11.6 Å². The first-order valence-corrected chi connectivity index (χ1v) is 7.66. The van der Waals surface area contributed by atoms with E-state index in [9.17, 15) is 9.59 Å². The summed E-state index contributed by atoms with van der Waals surface area (Å²) in [5.74, 6) is 0.0523. The number of ketones is 1. The van der Waals surface area contributed by atoms with Crippen molar-refractivity contribution in [2.75, 3.05) is 10.6 Å². The van der Waals surface area contributed by atoms with Crippen molar-refractivity contribution >= 4 is 28.9 Å². The number of rotatable bonds is 5. The summed E-state index contributed by atoms with van der Waals surface area (Å²) in [7, 11) is 0. The van der Waals surface area contributed by atoms with Gasteiger partial charge in [0.05, 0.1) is 0 Å². The van der Waals surface area contributed by atoms with Crippen LogP contribution in [0.1, 0.15) is 30.1 Å². The van der Waals surface area contributed by atoms with E-state index in [4.69, 9.17) is 0 Å². The molecule has 1 aliphatic rings. The molecule has 3 rings (SSSR count). The van der Waals surface area contributed by atoms with Crippen LogP contribution in [0.2, 0.25) is 0 Å². The van der Waals surface area contributed by atoms with Crippen LogP contribution in [-0.2, 0) is 0 Å². The van der Waals surface area contributed by atoms with Gasteiger partial charge in [0, 0.05) is 28.7 Å². The minimum Gasteiger partial charge on any atom is -0.356 e. The summed E-state index contributed by atoms with van der Waals surface area (Å²) in [6.07, 6.45) is 2.14. The molecule has 0 aliphatic heterocycles. The summed E-state index contributed by atoms with van der Waals surface area (Å²) in [5.41, 5.74) is 3.26. The molecule has 0 spiro atoms. The Hall–Kier alpha value is -2.82. The first-order chi connectivity index (χ1) is 11.1. The maximum atomic E-state index is 11.7. The minimum absolute atomic E-state index is 0.0523.